The Morgan fingerprint density at radius 3 is 2.62 bits per heavy atom. The molecule has 0 heterocycles. The van der Waals surface area contributed by atoms with Gasteiger partial charge in [-0.3, -0.25) is 0 Å². The molecular weight excluding hydrogens is 220 g/mol. The standard InChI is InChI=1S/C14H19ClO/c1-6-7-9(2)13-11(4)12(15)8-10(3)14(13)16-5/h6,8-9H,1,7H2,2-5H3. The number of hydrogen-bond donors (Lipinski definition) is 0. The van der Waals surface area contributed by atoms with Crippen LogP contribution in [0.4, 0.5) is 0 Å². The fourth-order valence-electron chi connectivity index (χ4n) is 2.11. The second-order valence-electron chi connectivity index (χ2n) is 4.17. The van der Waals surface area contributed by atoms with E-state index in [9.17, 15) is 0 Å². The maximum atomic E-state index is 6.21. The summed E-state index contributed by atoms with van der Waals surface area (Å²) in [5.41, 5.74) is 3.40. The summed E-state index contributed by atoms with van der Waals surface area (Å²) >= 11 is 6.21. The monoisotopic (exact) mass is 238 g/mol. The third-order valence-electron chi connectivity index (χ3n) is 2.93. The molecular formula is C14H19ClO. The molecule has 0 amide bonds. The maximum absolute atomic E-state index is 6.21. The average molecular weight is 239 g/mol. The molecule has 16 heavy (non-hydrogen) atoms. The van der Waals surface area contributed by atoms with Crippen molar-refractivity contribution in [1.82, 2.24) is 0 Å². The summed E-state index contributed by atoms with van der Waals surface area (Å²) in [6, 6.07) is 1.96. The van der Waals surface area contributed by atoms with Crippen molar-refractivity contribution in [2.24, 2.45) is 0 Å². The van der Waals surface area contributed by atoms with Gasteiger partial charge in [0, 0.05) is 10.6 Å². The number of rotatable bonds is 4. The zero-order valence-corrected chi connectivity index (χ0v) is 11.2. The molecule has 1 rings (SSSR count). The van der Waals surface area contributed by atoms with Gasteiger partial charge in [0.05, 0.1) is 7.11 Å². The van der Waals surface area contributed by atoms with Crippen LogP contribution >= 0.6 is 11.6 Å². The molecule has 88 valence electrons. The SMILES string of the molecule is C=CCC(C)c1c(C)c(Cl)cc(C)c1OC. The first kappa shape index (κ1) is 13.1. The summed E-state index contributed by atoms with van der Waals surface area (Å²) in [6.07, 6.45) is 2.86. The highest BCUT2D eigenvalue weighted by molar-refractivity contribution is 6.31. The van der Waals surface area contributed by atoms with E-state index in [1.807, 2.05) is 26.0 Å². The molecule has 0 radical (unpaired) electrons. The minimum atomic E-state index is 0.379. The molecule has 0 aliphatic heterocycles. The molecule has 2 heteroatoms. The Labute approximate surface area is 103 Å². The lowest BCUT2D eigenvalue weighted by atomic mass is 9.91. The van der Waals surface area contributed by atoms with E-state index in [-0.39, 0.29) is 0 Å². The van der Waals surface area contributed by atoms with Crippen molar-refractivity contribution >= 4 is 11.6 Å². The van der Waals surface area contributed by atoms with Gasteiger partial charge in [-0.15, -0.1) is 6.58 Å². The Morgan fingerprint density at radius 1 is 1.50 bits per heavy atom. The van der Waals surface area contributed by atoms with Gasteiger partial charge in [0.2, 0.25) is 0 Å². The van der Waals surface area contributed by atoms with Gasteiger partial charge in [0.15, 0.2) is 0 Å². The molecule has 0 saturated heterocycles. The predicted octanol–water partition coefficient (Wildman–Crippen LogP) is 4.65. The van der Waals surface area contributed by atoms with Gasteiger partial charge in [0.1, 0.15) is 5.75 Å². The topological polar surface area (TPSA) is 9.23 Å². The van der Waals surface area contributed by atoms with Gasteiger partial charge >= 0.3 is 0 Å². The van der Waals surface area contributed by atoms with Crippen LogP contribution in [0.2, 0.25) is 5.02 Å². The van der Waals surface area contributed by atoms with Gasteiger partial charge < -0.3 is 4.74 Å². The van der Waals surface area contributed by atoms with Crippen LogP contribution in [0.5, 0.6) is 5.75 Å². The number of aryl methyl sites for hydroxylation is 1. The van der Waals surface area contributed by atoms with E-state index < -0.39 is 0 Å². The molecule has 1 aromatic rings. The molecule has 0 aliphatic carbocycles. The fraction of sp³-hybridized carbons (Fsp3) is 0.429. The summed E-state index contributed by atoms with van der Waals surface area (Å²) in [5.74, 6) is 1.33. The number of allylic oxidation sites excluding steroid dienone is 1. The van der Waals surface area contributed by atoms with Crippen LogP contribution in [0.1, 0.15) is 36.0 Å². The fourth-order valence-corrected chi connectivity index (χ4v) is 2.37. The third kappa shape index (κ3) is 2.41. The van der Waals surface area contributed by atoms with E-state index in [0.717, 1.165) is 28.3 Å². The predicted molar refractivity (Wildman–Crippen MR) is 70.7 cm³/mol. The molecule has 1 unspecified atom stereocenters. The molecule has 1 atom stereocenters. The zero-order chi connectivity index (χ0) is 12.3. The Kier molecular flexibility index (Phi) is 4.43. The van der Waals surface area contributed by atoms with Crippen molar-refractivity contribution in [3.05, 3.63) is 40.4 Å². The van der Waals surface area contributed by atoms with Crippen molar-refractivity contribution in [3.8, 4) is 5.75 Å². The molecule has 0 aliphatic rings. The van der Waals surface area contributed by atoms with Gasteiger partial charge in [0.25, 0.3) is 0 Å². The Morgan fingerprint density at radius 2 is 2.12 bits per heavy atom. The Balaban J connectivity index is 3.37. The van der Waals surface area contributed by atoms with Crippen LogP contribution in [-0.2, 0) is 0 Å². The first-order valence-electron chi connectivity index (χ1n) is 5.47. The molecule has 1 aromatic carbocycles. The summed E-state index contributed by atoms with van der Waals surface area (Å²) in [5, 5.41) is 0.809. The van der Waals surface area contributed by atoms with Gasteiger partial charge in [-0.25, -0.2) is 0 Å². The number of halogens is 1. The molecule has 0 aromatic heterocycles. The summed E-state index contributed by atoms with van der Waals surface area (Å²) < 4.78 is 5.49. The average Bonchev–Trinajstić information content (AvgIpc) is 2.23. The first-order valence-corrected chi connectivity index (χ1v) is 5.85. The van der Waals surface area contributed by atoms with Crippen LogP contribution in [0, 0.1) is 13.8 Å². The van der Waals surface area contributed by atoms with Crippen LogP contribution < -0.4 is 4.74 Å². The molecule has 0 spiro atoms. The highest BCUT2D eigenvalue weighted by atomic mass is 35.5. The highest BCUT2D eigenvalue weighted by Crippen LogP contribution is 2.38. The second kappa shape index (κ2) is 5.40. The highest BCUT2D eigenvalue weighted by Gasteiger charge is 2.17. The molecule has 1 nitrogen and oxygen atoms in total. The van der Waals surface area contributed by atoms with Crippen LogP contribution in [0.25, 0.3) is 0 Å². The minimum Gasteiger partial charge on any atom is -0.496 e. The van der Waals surface area contributed by atoms with Crippen LogP contribution in [-0.4, -0.2) is 7.11 Å². The first-order chi connectivity index (χ1) is 7.52. The van der Waals surface area contributed by atoms with Crippen LogP contribution in [0.3, 0.4) is 0 Å². The van der Waals surface area contributed by atoms with E-state index in [1.165, 1.54) is 5.56 Å². The van der Waals surface area contributed by atoms with Crippen molar-refractivity contribution < 1.29 is 4.74 Å². The molecule has 0 saturated carbocycles. The number of methoxy groups -OCH3 is 1. The van der Waals surface area contributed by atoms with Crippen molar-refractivity contribution in [1.29, 1.82) is 0 Å². The lowest BCUT2D eigenvalue weighted by Crippen LogP contribution is -2.02. The zero-order valence-electron chi connectivity index (χ0n) is 10.4. The molecule has 0 N–H and O–H groups in total. The van der Waals surface area contributed by atoms with E-state index in [4.69, 9.17) is 16.3 Å². The van der Waals surface area contributed by atoms with Gasteiger partial charge in [-0.2, -0.15) is 0 Å². The quantitative estimate of drug-likeness (QED) is 0.694. The number of benzene rings is 1. The summed E-state index contributed by atoms with van der Waals surface area (Å²) in [7, 11) is 1.71. The number of hydrogen-bond acceptors (Lipinski definition) is 1. The molecule has 0 fully saturated rings. The van der Waals surface area contributed by atoms with Gasteiger partial charge in [-0.1, -0.05) is 24.6 Å². The van der Waals surface area contributed by atoms with E-state index in [0.29, 0.717) is 5.92 Å². The van der Waals surface area contributed by atoms with Crippen LogP contribution in [0.15, 0.2) is 18.7 Å². The van der Waals surface area contributed by atoms with Crippen molar-refractivity contribution in [3.63, 3.8) is 0 Å². The molecule has 0 bridgehead atoms. The largest absolute Gasteiger partial charge is 0.496 e. The van der Waals surface area contributed by atoms with E-state index in [2.05, 4.69) is 13.5 Å². The van der Waals surface area contributed by atoms with Crippen molar-refractivity contribution in [2.75, 3.05) is 7.11 Å². The normalized spacial score (nSPS) is 12.3. The number of ether oxygens (including phenoxy) is 1. The minimum absolute atomic E-state index is 0.379. The third-order valence-corrected chi connectivity index (χ3v) is 3.32. The van der Waals surface area contributed by atoms with Gasteiger partial charge in [-0.05, 0) is 43.4 Å². The second-order valence-corrected chi connectivity index (χ2v) is 4.58. The summed E-state index contributed by atoms with van der Waals surface area (Å²) in [6.45, 7) is 10.0. The van der Waals surface area contributed by atoms with E-state index >= 15 is 0 Å². The lowest BCUT2D eigenvalue weighted by molar-refractivity contribution is 0.403. The smallest absolute Gasteiger partial charge is 0.125 e. The summed E-state index contributed by atoms with van der Waals surface area (Å²) in [4.78, 5) is 0. The maximum Gasteiger partial charge on any atom is 0.125 e. The Hall–Kier alpha value is -0.950. The lowest BCUT2D eigenvalue weighted by Gasteiger charge is -2.20. The van der Waals surface area contributed by atoms with Crippen molar-refractivity contribution in [2.45, 2.75) is 33.1 Å². The Bertz CT molecular complexity index is 396. The van der Waals surface area contributed by atoms with E-state index in [1.54, 1.807) is 7.11 Å².